The quantitative estimate of drug-likeness (QED) is 0.788. The van der Waals surface area contributed by atoms with Crippen LogP contribution in [0.2, 0.25) is 0 Å². The van der Waals surface area contributed by atoms with Crippen LogP contribution in [0, 0.1) is 0 Å². The molecule has 21 heavy (non-hydrogen) atoms. The van der Waals surface area contributed by atoms with Crippen molar-refractivity contribution in [1.82, 2.24) is 9.78 Å². The van der Waals surface area contributed by atoms with Crippen molar-refractivity contribution in [2.45, 2.75) is 13.0 Å². The summed E-state index contributed by atoms with van der Waals surface area (Å²) >= 11 is 3.30. The van der Waals surface area contributed by atoms with Gasteiger partial charge in [0.2, 0.25) is 0 Å². The van der Waals surface area contributed by atoms with Gasteiger partial charge in [-0.2, -0.15) is 5.10 Å². The molecular formula is C15H14BrN3O2. The fourth-order valence-electron chi connectivity index (χ4n) is 2.13. The summed E-state index contributed by atoms with van der Waals surface area (Å²) in [5, 5.41) is 8.31. The van der Waals surface area contributed by atoms with E-state index in [0.29, 0.717) is 10.2 Å². The molecule has 0 saturated carbocycles. The summed E-state index contributed by atoms with van der Waals surface area (Å²) < 4.78 is 7.55. The number of fused-ring (bicyclic) bond motifs is 1. The number of rotatable bonds is 3. The number of nitrogens with zero attached hydrogens (tertiary/aromatic N) is 2. The highest BCUT2D eigenvalue weighted by Crippen LogP contribution is 2.27. The number of nitrogens with one attached hydrogen (secondary N) is 1. The van der Waals surface area contributed by atoms with E-state index in [0.717, 1.165) is 16.7 Å². The van der Waals surface area contributed by atoms with E-state index in [9.17, 15) is 4.79 Å². The maximum atomic E-state index is 11.8. The Hall–Kier alpha value is -2.08. The van der Waals surface area contributed by atoms with Crippen molar-refractivity contribution in [2.24, 2.45) is 7.05 Å². The van der Waals surface area contributed by atoms with Gasteiger partial charge in [-0.05, 0) is 35.0 Å². The van der Waals surface area contributed by atoms with E-state index >= 15 is 0 Å². The lowest BCUT2D eigenvalue weighted by atomic mass is 10.2. The van der Waals surface area contributed by atoms with Crippen molar-refractivity contribution >= 4 is 32.6 Å². The number of anilines is 1. The van der Waals surface area contributed by atoms with Crippen molar-refractivity contribution in [3.63, 3.8) is 0 Å². The van der Waals surface area contributed by atoms with Gasteiger partial charge in [-0.15, -0.1) is 0 Å². The Balaban J connectivity index is 1.91. The van der Waals surface area contributed by atoms with Crippen LogP contribution in [0.1, 0.15) is 18.7 Å². The van der Waals surface area contributed by atoms with Crippen LogP contribution in [0.25, 0.3) is 11.0 Å². The van der Waals surface area contributed by atoms with Gasteiger partial charge in [0.25, 0.3) is 5.56 Å². The van der Waals surface area contributed by atoms with E-state index in [-0.39, 0.29) is 11.6 Å². The predicted octanol–water partition coefficient (Wildman–Crippen LogP) is 3.46. The number of hydrogen-bond acceptors (Lipinski definition) is 4. The molecule has 1 N–H and O–H groups in total. The topological polar surface area (TPSA) is 60.1 Å². The molecule has 0 saturated heterocycles. The SMILES string of the molecule is CC(Nc1cnn(C)c(=O)c1Br)c1cc2ccccc2o1. The highest BCUT2D eigenvalue weighted by Gasteiger charge is 2.14. The van der Waals surface area contributed by atoms with E-state index < -0.39 is 0 Å². The first-order valence-corrected chi connectivity index (χ1v) is 7.32. The molecule has 0 radical (unpaired) electrons. The second-order valence-corrected chi connectivity index (χ2v) is 5.65. The Morgan fingerprint density at radius 1 is 1.38 bits per heavy atom. The summed E-state index contributed by atoms with van der Waals surface area (Å²) in [6.45, 7) is 1.97. The molecule has 108 valence electrons. The minimum Gasteiger partial charge on any atom is -0.459 e. The van der Waals surface area contributed by atoms with Crippen molar-refractivity contribution in [3.8, 4) is 0 Å². The lowest BCUT2D eigenvalue weighted by Gasteiger charge is -2.13. The Labute approximate surface area is 129 Å². The molecule has 0 aliphatic heterocycles. The van der Waals surface area contributed by atoms with Crippen LogP contribution in [0.5, 0.6) is 0 Å². The molecule has 0 fully saturated rings. The van der Waals surface area contributed by atoms with Gasteiger partial charge in [-0.25, -0.2) is 4.68 Å². The summed E-state index contributed by atoms with van der Waals surface area (Å²) in [6.07, 6.45) is 1.62. The molecule has 0 aliphatic rings. The van der Waals surface area contributed by atoms with Crippen LogP contribution in [0.3, 0.4) is 0 Å². The van der Waals surface area contributed by atoms with Crippen molar-refractivity contribution < 1.29 is 4.42 Å². The van der Waals surface area contributed by atoms with E-state index in [1.807, 2.05) is 37.3 Å². The molecule has 0 aliphatic carbocycles. The molecule has 2 aromatic heterocycles. The largest absolute Gasteiger partial charge is 0.459 e. The van der Waals surface area contributed by atoms with Gasteiger partial charge in [0.15, 0.2) is 0 Å². The van der Waals surface area contributed by atoms with Crippen molar-refractivity contribution in [1.29, 1.82) is 0 Å². The van der Waals surface area contributed by atoms with Crippen LogP contribution >= 0.6 is 15.9 Å². The molecule has 6 heteroatoms. The van der Waals surface area contributed by atoms with E-state index in [2.05, 4.69) is 26.3 Å². The summed E-state index contributed by atoms with van der Waals surface area (Å²) in [5.74, 6) is 0.809. The number of para-hydroxylation sites is 1. The average Bonchev–Trinajstić information content (AvgIpc) is 2.92. The highest BCUT2D eigenvalue weighted by atomic mass is 79.9. The molecule has 3 rings (SSSR count). The third-order valence-corrected chi connectivity index (χ3v) is 4.09. The molecule has 1 unspecified atom stereocenters. The summed E-state index contributed by atoms with van der Waals surface area (Å²) in [7, 11) is 1.61. The zero-order valence-electron chi connectivity index (χ0n) is 11.6. The van der Waals surface area contributed by atoms with Crippen LogP contribution in [0.4, 0.5) is 5.69 Å². The van der Waals surface area contributed by atoms with Crippen LogP contribution in [0.15, 0.2) is 50.2 Å². The molecule has 1 atom stereocenters. The van der Waals surface area contributed by atoms with Gasteiger partial charge in [-0.3, -0.25) is 4.79 Å². The minimum absolute atomic E-state index is 0.0809. The summed E-state index contributed by atoms with van der Waals surface area (Å²) in [4.78, 5) is 11.8. The predicted molar refractivity (Wildman–Crippen MR) is 85.4 cm³/mol. The number of benzene rings is 1. The maximum absolute atomic E-state index is 11.8. The van der Waals surface area contributed by atoms with Gasteiger partial charge in [-0.1, -0.05) is 18.2 Å². The second-order valence-electron chi connectivity index (χ2n) is 4.85. The number of aryl methyl sites for hydroxylation is 1. The second kappa shape index (κ2) is 5.37. The molecule has 2 heterocycles. The molecule has 1 aromatic carbocycles. The van der Waals surface area contributed by atoms with Crippen molar-refractivity contribution in [2.75, 3.05) is 5.32 Å². The Bertz CT molecular complexity index is 820. The zero-order chi connectivity index (χ0) is 15.0. The number of aromatic nitrogens is 2. The van der Waals surface area contributed by atoms with E-state index in [4.69, 9.17) is 4.42 Å². The molecule has 5 nitrogen and oxygen atoms in total. The van der Waals surface area contributed by atoms with Crippen LogP contribution in [-0.2, 0) is 7.05 Å². The molecule has 0 spiro atoms. The third kappa shape index (κ3) is 2.58. The maximum Gasteiger partial charge on any atom is 0.282 e. The number of furan rings is 1. The van der Waals surface area contributed by atoms with Gasteiger partial charge in [0.1, 0.15) is 15.8 Å². The van der Waals surface area contributed by atoms with Gasteiger partial charge in [0, 0.05) is 12.4 Å². The fourth-order valence-corrected chi connectivity index (χ4v) is 2.60. The first-order chi connectivity index (χ1) is 10.1. The third-order valence-electron chi connectivity index (χ3n) is 3.32. The lowest BCUT2D eigenvalue weighted by Crippen LogP contribution is -2.21. The highest BCUT2D eigenvalue weighted by molar-refractivity contribution is 9.10. The van der Waals surface area contributed by atoms with Gasteiger partial charge < -0.3 is 9.73 Å². The average molecular weight is 348 g/mol. The van der Waals surface area contributed by atoms with Crippen LogP contribution < -0.4 is 10.9 Å². The normalized spacial score (nSPS) is 12.5. The summed E-state index contributed by atoms with van der Waals surface area (Å²) in [5.41, 5.74) is 1.31. The fraction of sp³-hybridized carbons (Fsp3) is 0.200. The number of hydrogen-bond donors (Lipinski definition) is 1. The van der Waals surface area contributed by atoms with Crippen molar-refractivity contribution in [3.05, 3.63) is 57.1 Å². The number of halogens is 1. The van der Waals surface area contributed by atoms with Gasteiger partial charge >= 0.3 is 0 Å². The van der Waals surface area contributed by atoms with Crippen LogP contribution in [-0.4, -0.2) is 9.78 Å². The monoisotopic (exact) mass is 347 g/mol. The molecule has 3 aromatic rings. The zero-order valence-corrected chi connectivity index (χ0v) is 13.2. The first kappa shape index (κ1) is 13.9. The Kier molecular flexibility index (Phi) is 3.55. The first-order valence-electron chi connectivity index (χ1n) is 6.53. The molecule has 0 amide bonds. The minimum atomic E-state index is -0.184. The van der Waals surface area contributed by atoms with E-state index in [1.165, 1.54) is 4.68 Å². The molecule has 0 bridgehead atoms. The standard InChI is InChI=1S/C15H14BrN3O2/c1-9(13-7-10-5-3-4-6-12(10)21-13)18-11-8-17-19(2)15(20)14(11)16/h3-9,18H,1-2H3. The van der Waals surface area contributed by atoms with Gasteiger partial charge in [0.05, 0.1) is 17.9 Å². The lowest BCUT2D eigenvalue weighted by molar-refractivity contribution is 0.525. The molecular weight excluding hydrogens is 334 g/mol. The summed E-state index contributed by atoms with van der Waals surface area (Å²) in [6, 6.07) is 9.76. The smallest absolute Gasteiger partial charge is 0.282 e. The Morgan fingerprint density at radius 2 is 2.14 bits per heavy atom. The van der Waals surface area contributed by atoms with E-state index in [1.54, 1.807) is 13.2 Å². The Morgan fingerprint density at radius 3 is 2.90 bits per heavy atom.